The summed E-state index contributed by atoms with van der Waals surface area (Å²) in [6.45, 7) is 6.29. The van der Waals surface area contributed by atoms with Crippen LogP contribution in [0.25, 0.3) is 0 Å². The number of carbonyl (C=O) groups excluding carboxylic acids is 1. The Morgan fingerprint density at radius 2 is 2.19 bits per heavy atom. The van der Waals surface area contributed by atoms with E-state index < -0.39 is 0 Å². The van der Waals surface area contributed by atoms with E-state index in [1.165, 1.54) is 0 Å². The van der Waals surface area contributed by atoms with Gasteiger partial charge in [-0.15, -0.1) is 11.8 Å². The number of nitrogens with two attached hydrogens (primary N) is 1. The van der Waals surface area contributed by atoms with Gasteiger partial charge in [-0.2, -0.15) is 0 Å². The van der Waals surface area contributed by atoms with Gasteiger partial charge in [-0.1, -0.05) is 19.9 Å². The monoisotopic (exact) mass is 239 g/mol. The van der Waals surface area contributed by atoms with Crippen LogP contribution in [-0.4, -0.2) is 17.8 Å². The number of carbonyl (C=O) groups is 1. The highest BCUT2D eigenvalue weighted by Gasteiger charge is 2.15. The fraction of sp³-hybridized carbons (Fsp3) is 0.417. The van der Waals surface area contributed by atoms with Crippen molar-refractivity contribution in [1.82, 2.24) is 0 Å². The molecule has 0 heterocycles. The van der Waals surface area contributed by atoms with Gasteiger partial charge in [0.25, 0.3) is 0 Å². The third-order valence-electron chi connectivity index (χ3n) is 1.89. The summed E-state index contributed by atoms with van der Waals surface area (Å²) in [4.78, 5) is 12.5. The second-order valence-corrected chi connectivity index (χ2v) is 5.20. The summed E-state index contributed by atoms with van der Waals surface area (Å²) in [5.74, 6) is -0.307. The number of anilines is 1. The van der Waals surface area contributed by atoms with Crippen molar-refractivity contribution in [3.8, 4) is 0 Å². The van der Waals surface area contributed by atoms with Gasteiger partial charge in [-0.3, -0.25) is 0 Å². The molecule has 2 N–H and O–H groups in total. The Morgan fingerprint density at radius 1 is 1.50 bits per heavy atom. The van der Waals surface area contributed by atoms with Crippen molar-refractivity contribution in [2.45, 2.75) is 30.9 Å². The molecule has 0 radical (unpaired) electrons. The molecule has 1 aromatic carbocycles. The number of nitrogen functional groups attached to an aromatic ring is 1. The summed E-state index contributed by atoms with van der Waals surface area (Å²) in [5, 5.41) is 0.373. The summed E-state index contributed by atoms with van der Waals surface area (Å²) < 4.78 is 5.00. The lowest BCUT2D eigenvalue weighted by atomic mass is 10.2. The largest absolute Gasteiger partial charge is 0.462 e. The zero-order chi connectivity index (χ0) is 12.1. The molecule has 0 bridgehead atoms. The molecule has 0 aliphatic heterocycles. The molecular weight excluding hydrogens is 222 g/mol. The standard InChI is InChI=1S/C12H17NO2S/c1-4-15-12(14)9-6-5-7-10(13)11(9)16-8(2)3/h5-8H,4,13H2,1-3H3. The first-order valence-electron chi connectivity index (χ1n) is 5.28. The van der Waals surface area contributed by atoms with E-state index in [-0.39, 0.29) is 5.97 Å². The van der Waals surface area contributed by atoms with Gasteiger partial charge in [0.15, 0.2) is 0 Å². The van der Waals surface area contributed by atoms with Crippen LogP contribution in [0.3, 0.4) is 0 Å². The van der Waals surface area contributed by atoms with E-state index in [2.05, 4.69) is 13.8 Å². The predicted octanol–water partition coefficient (Wildman–Crippen LogP) is 2.95. The molecular formula is C12H17NO2S. The molecule has 0 aliphatic rings. The van der Waals surface area contributed by atoms with Gasteiger partial charge in [-0.25, -0.2) is 4.79 Å². The molecule has 1 aromatic rings. The predicted molar refractivity (Wildman–Crippen MR) is 67.8 cm³/mol. The molecule has 0 spiro atoms. The van der Waals surface area contributed by atoms with Crippen molar-refractivity contribution in [2.24, 2.45) is 0 Å². The normalized spacial score (nSPS) is 10.5. The number of esters is 1. The zero-order valence-corrected chi connectivity index (χ0v) is 10.6. The molecule has 0 aliphatic carbocycles. The second-order valence-electron chi connectivity index (χ2n) is 3.61. The van der Waals surface area contributed by atoms with Crippen LogP contribution < -0.4 is 5.73 Å². The van der Waals surface area contributed by atoms with Crippen molar-refractivity contribution in [3.05, 3.63) is 23.8 Å². The highest BCUT2D eigenvalue weighted by atomic mass is 32.2. The second kappa shape index (κ2) is 5.80. The number of rotatable bonds is 4. The van der Waals surface area contributed by atoms with Gasteiger partial charge < -0.3 is 10.5 Å². The molecule has 0 aromatic heterocycles. The molecule has 0 unspecified atom stereocenters. The van der Waals surface area contributed by atoms with Gasteiger partial charge in [0.2, 0.25) is 0 Å². The minimum atomic E-state index is -0.307. The maximum atomic E-state index is 11.7. The average Bonchev–Trinajstić information content (AvgIpc) is 2.20. The summed E-state index contributed by atoms with van der Waals surface area (Å²) in [7, 11) is 0. The van der Waals surface area contributed by atoms with Gasteiger partial charge >= 0.3 is 5.97 Å². The van der Waals surface area contributed by atoms with E-state index in [9.17, 15) is 4.79 Å². The van der Waals surface area contributed by atoms with Crippen molar-refractivity contribution in [2.75, 3.05) is 12.3 Å². The summed E-state index contributed by atoms with van der Waals surface area (Å²) in [5.41, 5.74) is 7.06. The quantitative estimate of drug-likeness (QED) is 0.498. The van der Waals surface area contributed by atoms with Crippen molar-refractivity contribution in [1.29, 1.82) is 0 Å². The molecule has 3 nitrogen and oxygen atoms in total. The van der Waals surface area contributed by atoms with Crippen LogP contribution in [0.4, 0.5) is 5.69 Å². The smallest absolute Gasteiger partial charge is 0.339 e. The Labute approximate surface area is 100 Å². The van der Waals surface area contributed by atoms with Crippen LogP contribution in [0, 0.1) is 0 Å². The van der Waals surface area contributed by atoms with Crippen molar-refractivity contribution >= 4 is 23.4 Å². The topological polar surface area (TPSA) is 52.3 Å². The highest BCUT2D eigenvalue weighted by Crippen LogP contribution is 2.32. The van der Waals surface area contributed by atoms with Crippen LogP contribution in [0.2, 0.25) is 0 Å². The molecule has 0 atom stereocenters. The van der Waals surface area contributed by atoms with E-state index >= 15 is 0 Å². The van der Waals surface area contributed by atoms with Crippen molar-refractivity contribution < 1.29 is 9.53 Å². The van der Waals surface area contributed by atoms with E-state index in [0.717, 1.165) is 4.90 Å². The van der Waals surface area contributed by atoms with Crippen molar-refractivity contribution in [3.63, 3.8) is 0 Å². The summed E-state index contributed by atoms with van der Waals surface area (Å²) in [6, 6.07) is 5.32. The van der Waals surface area contributed by atoms with E-state index in [1.807, 2.05) is 0 Å². The molecule has 1 rings (SSSR count). The SMILES string of the molecule is CCOC(=O)c1cccc(N)c1SC(C)C. The number of benzene rings is 1. The average molecular weight is 239 g/mol. The molecule has 0 amide bonds. The van der Waals surface area contributed by atoms with Crippen LogP contribution >= 0.6 is 11.8 Å². The zero-order valence-electron chi connectivity index (χ0n) is 9.82. The Kier molecular flexibility index (Phi) is 4.68. The fourth-order valence-electron chi connectivity index (χ4n) is 1.29. The fourth-order valence-corrected chi connectivity index (χ4v) is 2.25. The van der Waals surface area contributed by atoms with E-state index in [1.54, 1.807) is 36.9 Å². The lowest BCUT2D eigenvalue weighted by Crippen LogP contribution is -2.08. The molecule has 0 saturated carbocycles. The molecule has 0 saturated heterocycles. The number of hydrogen-bond acceptors (Lipinski definition) is 4. The Balaban J connectivity index is 3.07. The number of ether oxygens (including phenoxy) is 1. The summed E-state index contributed by atoms with van der Waals surface area (Å²) >= 11 is 1.58. The first kappa shape index (κ1) is 12.9. The Bertz CT molecular complexity index is 377. The molecule has 0 fully saturated rings. The lowest BCUT2D eigenvalue weighted by molar-refractivity contribution is 0.0522. The van der Waals surface area contributed by atoms with Gasteiger partial charge in [0.05, 0.1) is 12.2 Å². The maximum absolute atomic E-state index is 11.7. The van der Waals surface area contributed by atoms with Crippen LogP contribution in [0.15, 0.2) is 23.1 Å². The molecule has 4 heteroatoms. The van der Waals surface area contributed by atoms with E-state index in [0.29, 0.717) is 23.1 Å². The number of hydrogen-bond donors (Lipinski definition) is 1. The lowest BCUT2D eigenvalue weighted by Gasteiger charge is -2.12. The van der Waals surface area contributed by atoms with Crippen LogP contribution in [0.1, 0.15) is 31.1 Å². The van der Waals surface area contributed by atoms with E-state index in [4.69, 9.17) is 10.5 Å². The molecule has 16 heavy (non-hydrogen) atoms. The maximum Gasteiger partial charge on any atom is 0.339 e. The Morgan fingerprint density at radius 3 is 2.75 bits per heavy atom. The summed E-state index contributed by atoms with van der Waals surface area (Å²) in [6.07, 6.45) is 0. The van der Waals surface area contributed by atoms with Gasteiger partial charge in [-0.05, 0) is 19.1 Å². The first-order chi connectivity index (χ1) is 7.56. The highest BCUT2D eigenvalue weighted by molar-refractivity contribution is 8.00. The Hall–Kier alpha value is -1.16. The minimum absolute atomic E-state index is 0.307. The third-order valence-corrected chi connectivity index (χ3v) is 3.06. The van der Waals surface area contributed by atoms with Crippen LogP contribution in [0.5, 0.6) is 0 Å². The minimum Gasteiger partial charge on any atom is -0.462 e. The number of thioether (sulfide) groups is 1. The van der Waals surface area contributed by atoms with Crippen LogP contribution in [-0.2, 0) is 4.74 Å². The third kappa shape index (κ3) is 3.17. The van der Waals surface area contributed by atoms with Gasteiger partial charge in [0.1, 0.15) is 0 Å². The molecule has 88 valence electrons. The van der Waals surface area contributed by atoms with Gasteiger partial charge in [0, 0.05) is 15.8 Å². The first-order valence-corrected chi connectivity index (χ1v) is 6.16.